The van der Waals surface area contributed by atoms with Gasteiger partial charge in [0.05, 0.1) is 14.2 Å². The molecule has 31 heavy (non-hydrogen) atoms. The van der Waals surface area contributed by atoms with Crippen LogP contribution in [0.25, 0.3) is 0 Å². The predicted octanol–water partition coefficient (Wildman–Crippen LogP) is 4.09. The molecule has 0 heterocycles. The molecule has 1 unspecified atom stereocenters. The highest BCUT2D eigenvalue weighted by Crippen LogP contribution is 2.27. The lowest BCUT2D eigenvalue weighted by Gasteiger charge is -2.30. The molecule has 2 rings (SSSR count). The summed E-state index contributed by atoms with van der Waals surface area (Å²) < 4.78 is 10.6. The van der Waals surface area contributed by atoms with Crippen LogP contribution in [0.15, 0.2) is 42.5 Å². The number of carbonyl (C=O) groups excluding carboxylic acids is 2. The highest BCUT2D eigenvalue weighted by molar-refractivity contribution is 6.30. The summed E-state index contributed by atoms with van der Waals surface area (Å²) in [6.07, 6.45) is 0.633. The number of methoxy groups -OCH3 is 2. The first kappa shape index (κ1) is 24.5. The number of nitrogens with one attached hydrogen (secondary N) is 1. The van der Waals surface area contributed by atoms with E-state index in [1.54, 1.807) is 38.2 Å². The number of rotatable bonds is 10. The normalized spacial score (nSPS) is 11.7. The summed E-state index contributed by atoms with van der Waals surface area (Å²) in [5.74, 6) is 0.834. The van der Waals surface area contributed by atoms with E-state index in [-0.39, 0.29) is 17.7 Å². The third-order valence-electron chi connectivity index (χ3n) is 5.05. The van der Waals surface area contributed by atoms with Crippen molar-refractivity contribution in [1.29, 1.82) is 0 Å². The van der Waals surface area contributed by atoms with Crippen molar-refractivity contribution in [3.8, 4) is 11.5 Å². The molecule has 0 radical (unpaired) electrons. The number of amides is 2. The molecule has 168 valence electrons. The minimum atomic E-state index is -0.601. The van der Waals surface area contributed by atoms with Crippen LogP contribution in [0.1, 0.15) is 31.9 Å². The second-order valence-corrected chi connectivity index (χ2v) is 8.09. The summed E-state index contributed by atoms with van der Waals surface area (Å²) in [5, 5.41) is 3.57. The summed E-state index contributed by atoms with van der Waals surface area (Å²) in [6, 6.07) is 12.4. The van der Waals surface area contributed by atoms with Crippen molar-refractivity contribution in [2.45, 2.75) is 39.8 Å². The molecular formula is C24H31ClN2O4. The van der Waals surface area contributed by atoms with Gasteiger partial charge in [0.25, 0.3) is 0 Å². The summed E-state index contributed by atoms with van der Waals surface area (Å²) in [4.78, 5) is 27.2. The zero-order valence-electron chi connectivity index (χ0n) is 18.8. The molecule has 2 amide bonds. The quantitative estimate of drug-likeness (QED) is 0.596. The maximum atomic E-state index is 12.8. The van der Waals surface area contributed by atoms with Crippen molar-refractivity contribution >= 4 is 23.4 Å². The average Bonchev–Trinajstić information content (AvgIpc) is 2.77. The molecule has 0 fully saturated rings. The largest absolute Gasteiger partial charge is 0.493 e. The van der Waals surface area contributed by atoms with Gasteiger partial charge in [-0.25, -0.2) is 0 Å². The lowest BCUT2D eigenvalue weighted by molar-refractivity contribution is -0.143. The highest BCUT2D eigenvalue weighted by atomic mass is 35.5. The second-order valence-electron chi connectivity index (χ2n) is 7.65. The molecule has 7 heteroatoms. The van der Waals surface area contributed by atoms with E-state index in [1.165, 1.54) is 0 Å². The van der Waals surface area contributed by atoms with Crippen molar-refractivity contribution in [2.24, 2.45) is 5.92 Å². The van der Waals surface area contributed by atoms with Crippen LogP contribution in [0, 0.1) is 5.92 Å². The highest BCUT2D eigenvalue weighted by Gasteiger charge is 2.27. The van der Waals surface area contributed by atoms with Crippen LogP contribution in [0.3, 0.4) is 0 Å². The van der Waals surface area contributed by atoms with Crippen molar-refractivity contribution in [1.82, 2.24) is 10.2 Å². The monoisotopic (exact) mass is 446 g/mol. The van der Waals surface area contributed by atoms with Gasteiger partial charge in [0, 0.05) is 24.0 Å². The Morgan fingerprint density at radius 3 is 2.16 bits per heavy atom. The molecule has 1 N–H and O–H groups in total. The summed E-state index contributed by atoms with van der Waals surface area (Å²) in [5.41, 5.74) is 1.94. The average molecular weight is 447 g/mol. The number of nitrogens with zero attached hydrogens (tertiary/aromatic N) is 1. The predicted molar refractivity (Wildman–Crippen MR) is 123 cm³/mol. The van der Waals surface area contributed by atoms with E-state index in [1.807, 2.05) is 44.2 Å². The van der Waals surface area contributed by atoms with E-state index >= 15 is 0 Å². The molecule has 2 aromatic carbocycles. The molecule has 0 aliphatic heterocycles. The van der Waals surface area contributed by atoms with E-state index in [9.17, 15) is 9.59 Å². The Morgan fingerprint density at radius 1 is 0.968 bits per heavy atom. The number of ether oxygens (including phenoxy) is 2. The molecule has 6 nitrogen and oxygen atoms in total. The van der Waals surface area contributed by atoms with Crippen LogP contribution in [-0.2, 0) is 22.6 Å². The topological polar surface area (TPSA) is 67.9 Å². The van der Waals surface area contributed by atoms with E-state index in [0.717, 1.165) is 11.1 Å². The number of hydrogen-bond donors (Lipinski definition) is 1. The standard InChI is InChI=1S/C24H31ClN2O4/c1-16(2)24(29)27(15-19-6-9-20(25)10-7-19)17(3)23(28)26-13-12-18-8-11-21(30-4)22(14-18)31-5/h6-11,14,16-17H,12-13,15H2,1-5H3,(H,26,28). The van der Waals surface area contributed by atoms with Crippen LogP contribution in [0.2, 0.25) is 5.02 Å². The summed E-state index contributed by atoms with van der Waals surface area (Å²) in [6.45, 7) is 6.21. The van der Waals surface area contributed by atoms with E-state index in [2.05, 4.69) is 5.32 Å². The third kappa shape index (κ3) is 6.89. The number of halogens is 1. The minimum Gasteiger partial charge on any atom is -0.493 e. The van der Waals surface area contributed by atoms with Crippen LogP contribution in [-0.4, -0.2) is 43.5 Å². The Labute approximate surface area is 189 Å². The molecule has 0 aromatic heterocycles. The van der Waals surface area contributed by atoms with Gasteiger partial charge in [0.1, 0.15) is 6.04 Å². The minimum absolute atomic E-state index is 0.0718. The molecule has 2 aromatic rings. The van der Waals surface area contributed by atoms with Crippen molar-refractivity contribution < 1.29 is 19.1 Å². The van der Waals surface area contributed by atoms with E-state index in [4.69, 9.17) is 21.1 Å². The lowest BCUT2D eigenvalue weighted by Crippen LogP contribution is -2.49. The first-order valence-corrected chi connectivity index (χ1v) is 10.7. The maximum absolute atomic E-state index is 12.8. The fourth-order valence-electron chi connectivity index (χ4n) is 3.18. The fourth-order valence-corrected chi connectivity index (χ4v) is 3.31. The number of carbonyl (C=O) groups is 2. The number of hydrogen-bond acceptors (Lipinski definition) is 4. The van der Waals surface area contributed by atoms with Gasteiger partial charge >= 0.3 is 0 Å². The van der Waals surface area contributed by atoms with Crippen molar-refractivity contribution in [3.05, 3.63) is 58.6 Å². The molecule has 1 atom stereocenters. The number of benzene rings is 2. The third-order valence-corrected chi connectivity index (χ3v) is 5.30. The molecular weight excluding hydrogens is 416 g/mol. The first-order chi connectivity index (χ1) is 14.8. The maximum Gasteiger partial charge on any atom is 0.242 e. The molecule has 0 saturated carbocycles. The zero-order valence-corrected chi connectivity index (χ0v) is 19.5. The van der Waals surface area contributed by atoms with Gasteiger partial charge in [-0.05, 0) is 48.7 Å². The van der Waals surface area contributed by atoms with Crippen LogP contribution < -0.4 is 14.8 Å². The van der Waals surface area contributed by atoms with E-state index < -0.39 is 6.04 Å². The smallest absolute Gasteiger partial charge is 0.242 e. The van der Waals surface area contributed by atoms with Gasteiger partial charge in [-0.15, -0.1) is 0 Å². The Balaban J connectivity index is 2.01. The van der Waals surface area contributed by atoms with Crippen LogP contribution >= 0.6 is 11.6 Å². The van der Waals surface area contributed by atoms with Gasteiger partial charge in [0.15, 0.2) is 11.5 Å². The SMILES string of the molecule is COc1ccc(CCNC(=O)C(C)N(Cc2ccc(Cl)cc2)C(=O)C(C)C)cc1OC. The summed E-state index contributed by atoms with van der Waals surface area (Å²) >= 11 is 5.96. The lowest BCUT2D eigenvalue weighted by atomic mass is 10.1. The Kier molecular flexibility index (Phi) is 9.19. The zero-order chi connectivity index (χ0) is 23.0. The van der Waals surface area contributed by atoms with Gasteiger partial charge in [0.2, 0.25) is 11.8 Å². The van der Waals surface area contributed by atoms with Gasteiger partial charge in [-0.3, -0.25) is 9.59 Å². The van der Waals surface area contributed by atoms with Crippen LogP contribution in [0.4, 0.5) is 0 Å². The van der Waals surface area contributed by atoms with Gasteiger partial charge < -0.3 is 19.7 Å². The molecule has 0 saturated heterocycles. The van der Waals surface area contributed by atoms with Crippen LogP contribution in [0.5, 0.6) is 11.5 Å². The molecule has 0 bridgehead atoms. The Bertz CT molecular complexity index is 884. The first-order valence-electron chi connectivity index (χ1n) is 10.3. The fraction of sp³-hybridized carbons (Fsp3) is 0.417. The second kappa shape index (κ2) is 11.6. The van der Waals surface area contributed by atoms with Gasteiger partial charge in [-0.1, -0.05) is 43.6 Å². The Morgan fingerprint density at radius 2 is 1.58 bits per heavy atom. The Hall–Kier alpha value is -2.73. The molecule has 0 aliphatic rings. The van der Waals surface area contributed by atoms with Crippen molar-refractivity contribution in [2.75, 3.05) is 20.8 Å². The van der Waals surface area contributed by atoms with Gasteiger partial charge in [-0.2, -0.15) is 0 Å². The summed E-state index contributed by atoms with van der Waals surface area (Å²) in [7, 11) is 3.18. The molecule has 0 spiro atoms. The molecule has 0 aliphatic carbocycles. The van der Waals surface area contributed by atoms with E-state index in [0.29, 0.717) is 36.0 Å². The van der Waals surface area contributed by atoms with Crippen molar-refractivity contribution in [3.63, 3.8) is 0 Å².